The lowest BCUT2D eigenvalue weighted by molar-refractivity contribution is 0.100. The van der Waals surface area contributed by atoms with E-state index in [1.807, 2.05) is 30.3 Å². The molecule has 0 bridgehead atoms. The minimum Gasteiger partial charge on any atom is -0.383 e. The molecule has 2 aromatic carbocycles. The van der Waals surface area contributed by atoms with Crippen molar-refractivity contribution in [3.63, 3.8) is 0 Å². The van der Waals surface area contributed by atoms with Crippen LogP contribution in [-0.2, 0) is 19.5 Å². The third kappa shape index (κ3) is 6.53. The lowest BCUT2D eigenvalue weighted by atomic mass is 10.1. The highest BCUT2D eigenvalue weighted by Crippen LogP contribution is 2.35. The fourth-order valence-electron chi connectivity index (χ4n) is 3.25. The molecule has 186 valence electrons. The number of anilines is 1. The Balaban J connectivity index is 1.80. The molecule has 0 saturated heterocycles. The van der Waals surface area contributed by atoms with E-state index in [-0.39, 0.29) is 42.3 Å². The van der Waals surface area contributed by atoms with Crippen molar-refractivity contribution < 1.29 is 27.5 Å². The van der Waals surface area contributed by atoms with Gasteiger partial charge in [0, 0.05) is 37.7 Å². The van der Waals surface area contributed by atoms with E-state index >= 15 is 0 Å². The monoisotopic (exact) mass is 517 g/mol. The Hall–Kier alpha value is -3.09. The predicted octanol–water partition coefficient (Wildman–Crippen LogP) is 3.05. The molecule has 0 spiro atoms. The molecule has 3 aromatic rings. The van der Waals surface area contributed by atoms with Crippen LogP contribution in [0.15, 0.2) is 65.6 Å². The first-order chi connectivity index (χ1) is 16.8. The van der Waals surface area contributed by atoms with Gasteiger partial charge in [-0.3, -0.25) is 9.59 Å². The van der Waals surface area contributed by atoms with Crippen molar-refractivity contribution in [2.45, 2.75) is 4.90 Å². The predicted molar refractivity (Wildman–Crippen MR) is 135 cm³/mol. The van der Waals surface area contributed by atoms with Crippen LogP contribution in [0, 0.1) is 0 Å². The van der Waals surface area contributed by atoms with Gasteiger partial charge in [0.25, 0.3) is 11.8 Å². The second-order valence-electron chi connectivity index (χ2n) is 7.45. The number of hydrogen-bond acceptors (Lipinski definition) is 7. The van der Waals surface area contributed by atoms with Crippen molar-refractivity contribution >= 4 is 38.2 Å². The second kappa shape index (κ2) is 12.0. The number of carbonyl (C=O) groups excluding carboxylic acids is 2. The number of sulfonamides is 1. The molecule has 2 amide bonds. The van der Waals surface area contributed by atoms with Crippen LogP contribution >= 0.6 is 11.3 Å². The Morgan fingerprint density at radius 3 is 2.11 bits per heavy atom. The first kappa shape index (κ1) is 26.5. The maximum absolute atomic E-state index is 13.0. The fraction of sp³-hybridized carbons (Fsp3) is 0.250. The molecule has 0 atom stereocenters. The molecule has 0 aliphatic carbocycles. The second-order valence-corrected chi connectivity index (χ2v) is 10.4. The van der Waals surface area contributed by atoms with Crippen LogP contribution in [0.2, 0.25) is 0 Å². The van der Waals surface area contributed by atoms with E-state index in [1.54, 1.807) is 6.07 Å². The Bertz CT molecular complexity index is 1250. The van der Waals surface area contributed by atoms with Gasteiger partial charge in [-0.15, -0.1) is 11.3 Å². The maximum atomic E-state index is 13.0. The normalized spacial score (nSPS) is 11.5. The zero-order valence-electron chi connectivity index (χ0n) is 19.4. The van der Waals surface area contributed by atoms with E-state index in [0.717, 1.165) is 10.4 Å². The molecule has 9 nitrogen and oxygen atoms in total. The van der Waals surface area contributed by atoms with E-state index in [0.29, 0.717) is 5.00 Å². The number of primary amides is 1. The van der Waals surface area contributed by atoms with Crippen LogP contribution in [0.5, 0.6) is 0 Å². The standard InChI is InChI=1S/C24H27N3O6S2/c1-32-14-12-27(13-15-33-2)35(30,31)19-10-8-18(9-11-19)23(29)26-24-20(22(25)28)16-21(34-24)17-6-4-3-5-7-17/h3-11,16H,12-15H2,1-2H3,(H2,25,28)(H,26,29). The fourth-order valence-corrected chi connectivity index (χ4v) is 5.72. The van der Waals surface area contributed by atoms with Crippen LogP contribution in [0.3, 0.4) is 0 Å². The average Bonchev–Trinajstić information content (AvgIpc) is 3.28. The number of ether oxygens (including phenoxy) is 2. The molecule has 3 rings (SSSR count). The molecule has 1 aromatic heterocycles. The number of nitrogens with one attached hydrogen (secondary N) is 1. The highest BCUT2D eigenvalue weighted by molar-refractivity contribution is 7.89. The summed E-state index contributed by atoms with van der Waals surface area (Å²) in [5.41, 5.74) is 6.84. The number of hydrogen-bond donors (Lipinski definition) is 2. The van der Waals surface area contributed by atoms with Crippen LogP contribution in [0.25, 0.3) is 10.4 Å². The van der Waals surface area contributed by atoms with Gasteiger partial charge in [-0.25, -0.2) is 8.42 Å². The van der Waals surface area contributed by atoms with E-state index < -0.39 is 21.8 Å². The number of thiophene rings is 1. The van der Waals surface area contributed by atoms with Crippen molar-refractivity contribution in [3.05, 3.63) is 71.8 Å². The van der Waals surface area contributed by atoms with Crippen LogP contribution in [0.4, 0.5) is 5.00 Å². The summed E-state index contributed by atoms with van der Waals surface area (Å²) >= 11 is 1.23. The summed E-state index contributed by atoms with van der Waals surface area (Å²) in [6.45, 7) is 0.805. The van der Waals surface area contributed by atoms with Gasteiger partial charge in [-0.2, -0.15) is 4.31 Å². The number of benzene rings is 2. The van der Waals surface area contributed by atoms with Gasteiger partial charge in [0.05, 0.1) is 23.7 Å². The van der Waals surface area contributed by atoms with E-state index in [9.17, 15) is 18.0 Å². The zero-order valence-corrected chi connectivity index (χ0v) is 21.0. The van der Waals surface area contributed by atoms with E-state index in [2.05, 4.69) is 5.32 Å². The quantitative estimate of drug-likeness (QED) is 0.380. The van der Waals surface area contributed by atoms with Crippen molar-refractivity contribution in [3.8, 4) is 10.4 Å². The highest BCUT2D eigenvalue weighted by atomic mass is 32.2. The van der Waals surface area contributed by atoms with Crippen LogP contribution in [0.1, 0.15) is 20.7 Å². The summed E-state index contributed by atoms with van der Waals surface area (Å²) < 4.78 is 37.4. The summed E-state index contributed by atoms with van der Waals surface area (Å²) in [4.78, 5) is 25.6. The van der Waals surface area contributed by atoms with Gasteiger partial charge >= 0.3 is 0 Å². The minimum absolute atomic E-state index is 0.0431. The van der Waals surface area contributed by atoms with Crippen molar-refractivity contribution in [2.75, 3.05) is 45.8 Å². The first-order valence-corrected chi connectivity index (χ1v) is 12.9. The largest absolute Gasteiger partial charge is 0.383 e. The Labute approximate surface area is 208 Å². The third-order valence-corrected chi connectivity index (χ3v) is 8.14. The molecule has 0 aliphatic rings. The van der Waals surface area contributed by atoms with Gasteiger partial charge in [0.2, 0.25) is 10.0 Å². The molecule has 35 heavy (non-hydrogen) atoms. The molecule has 0 saturated carbocycles. The molecule has 0 fully saturated rings. The van der Waals surface area contributed by atoms with Gasteiger partial charge in [-0.1, -0.05) is 30.3 Å². The molecule has 1 heterocycles. The number of amides is 2. The molecule has 0 radical (unpaired) electrons. The SMILES string of the molecule is COCCN(CCOC)S(=O)(=O)c1ccc(C(=O)Nc2sc(-c3ccccc3)cc2C(N)=O)cc1. The summed E-state index contributed by atoms with van der Waals surface area (Å²) in [5.74, 6) is -1.15. The molecule has 0 aliphatic heterocycles. The third-order valence-electron chi connectivity index (χ3n) is 5.13. The number of nitrogens with two attached hydrogens (primary N) is 1. The van der Waals surface area contributed by atoms with Crippen LogP contribution in [-0.4, -0.2) is 65.1 Å². The number of carbonyl (C=O) groups is 2. The van der Waals surface area contributed by atoms with Crippen molar-refractivity contribution in [2.24, 2.45) is 5.73 Å². The average molecular weight is 518 g/mol. The Morgan fingerprint density at radius 1 is 0.971 bits per heavy atom. The number of nitrogens with zero attached hydrogens (tertiary/aromatic N) is 1. The molecular formula is C24H27N3O6S2. The maximum Gasteiger partial charge on any atom is 0.256 e. The molecule has 11 heteroatoms. The molecular weight excluding hydrogens is 490 g/mol. The number of rotatable bonds is 12. The van der Waals surface area contributed by atoms with E-state index in [1.165, 1.54) is 54.1 Å². The first-order valence-electron chi connectivity index (χ1n) is 10.7. The Kier molecular flexibility index (Phi) is 9.13. The molecule has 3 N–H and O–H groups in total. The summed E-state index contributed by atoms with van der Waals surface area (Å²) in [5, 5.41) is 3.04. The van der Waals surface area contributed by atoms with Crippen LogP contribution < -0.4 is 11.1 Å². The zero-order chi connectivity index (χ0) is 25.4. The summed E-state index contributed by atoms with van der Waals surface area (Å²) in [7, 11) is -0.820. The van der Waals surface area contributed by atoms with Crippen molar-refractivity contribution in [1.29, 1.82) is 0 Å². The topological polar surface area (TPSA) is 128 Å². The smallest absolute Gasteiger partial charge is 0.256 e. The Morgan fingerprint density at radius 2 is 1.57 bits per heavy atom. The molecule has 0 unspecified atom stereocenters. The van der Waals surface area contributed by atoms with Crippen molar-refractivity contribution in [1.82, 2.24) is 4.31 Å². The minimum atomic E-state index is -3.81. The van der Waals surface area contributed by atoms with Gasteiger partial charge < -0.3 is 20.5 Å². The lowest BCUT2D eigenvalue weighted by Gasteiger charge is -2.21. The highest BCUT2D eigenvalue weighted by Gasteiger charge is 2.24. The lowest BCUT2D eigenvalue weighted by Crippen LogP contribution is -2.36. The van der Waals surface area contributed by atoms with Gasteiger partial charge in [0.1, 0.15) is 5.00 Å². The summed E-state index contributed by atoms with van der Waals surface area (Å²) in [6.07, 6.45) is 0. The van der Waals surface area contributed by atoms with Gasteiger partial charge in [-0.05, 0) is 35.9 Å². The van der Waals surface area contributed by atoms with Gasteiger partial charge in [0.15, 0.2) is 0 Å². The number of methoxy groups -OCH3 is 2. The van der Waals surface area contributed by atoms with E-state index in [4.69, 9.17) is 15.2 Å². The summed E-state index contributed by atoms with van der Waals surface area (Å²) in [6, 6.07) is 16.6.